The van der Waals surface area contributed by atoms with E-state index in [-0.39, 0.29) is 31.2 Å². The molecule has 1 amide bonds. The number of hydrogen-bond donors (Lipinski definition) is 1. The molecule has 1 heterocycles. The number of ether oxygens (including phenoxy) is 1. The standard InChI is InChI=1S/C12H14FNO3/c1-17-10-4-2-3-8(12(10)13)6-14-7-9(15)5-11(14)16/h2-4,9,15H,5-7H2,1H3. The second-order valence-corrected chi connectivity index (χ2v) is 4.07. The van der Waals surface area contributed by atoms with Crippen LogP contribution in [0.5, 0.6) is 5.75 Å². The summed E-state index contributed by atoms with van der Waals surface area (Å²) >= 11 is 0. The number of aliphatic hydroxyl groups is 1. The van der Waals surface area contributed by atoms with E-state index in [1.165, 1.54) is 18.1 Å². The van der Waals surface area contributed by atoms with Crippen LogP contribution in [0, 0.1) is 5.82 Å². The predicted molar refractivity (Wildman–Crippen MR) is 59.0 cm³/mol. The predicted octanol–water partition coefficient (Wildman–Crippen LogP) is 0.927. The number of hydrogen-bond acceptors (Lipinski definition) is 3. The molecule has 1 fully saturated rings. The minimum absolute atomic E-state index is 0.117. The Bertz CT molecular complexity index is 436. The summed E-state index contributed by atoms with van der Waals surface area (Å²) < 4.78 is 18.7. The zero-order valence-corrected chi connectivity index (χ0v) is 9.52. The summed E-state index contributed by atoms with van der Waals surface area (Å²) in [4.78, 5) is 12.9. The third-order valence-electron chi connectivity index (χ3n) is 2.82. The second-order valence-electron chi connectivity index (χ2n) is 4.07. The molecule has 1 aromatic rings. The molecule has 1 saturated heterocycles. The summed E-state index contributed by atoms with van der Waals surface area (Å²) in [7, 11) is 1.40. The van der Waals surface area contributed by atoms with E-state index in [1.54, 1.807) is 12.1 Å². The summed E-state index contributed by atoms with van der Waals surface area (Å²) in [6.45, 7) is 0.425. The van der Waals surface area contributed by atoms with Gasteiger partial charge in [-0.1, -0.05) is 12.1 Å². The van der Waals surface area contributed by atoms with Crippen LogP contribution in [-0.2, 0) is 11.3 Å². The highest BCUT2D eigenvalue weighted by Gasteiger charge is 2.28. The molecule has 1 aliphatic rings. The summed E-state index contributed by atoms with van der Waals surface area (Å²) in [6, 6.07) is 4.81. The zero-order chi connectivity index (χ0) is 12.4. The molecular weight excluding hydrogens is 225 g/mol. The minimum Gasteiger partial charge on any atom is -0.494 e. The van der Waals surface area contributed by atoms with Gasteiger partial charge < -0.3 is 14.7 Å². The van der Waals surface area contributed by atoms with Crippen LogP contribution in [-0.4, -0.2) is 35.7 Å². The second kappa shape index (κ2) is 4.71. The minimum atomic E-state index is -0.642. The molecule has 0 spiro atoms. The van der Waals surface area contributed by atoms with Crippen molar-refractivity contribution >= 4 is 5.91 Å². The summed E-state index contributed by atoms with van der Waals surface area (Å²) in [6.07, 6.45) is -0.526. The Morgan fingerprint density at radius 3 is 2.94 bits per heavy atom. The van der Waals surface area contributed by atoms with E-state index in [4.69, 9.17) is 4.74 Å². The number of amides is 1. The van der Waals surface area contributed by atoms with Crippen LogP contribution < -0.4 is 4.74 Å². The molecule has 0 radical (unpaired) electrons. The van der Waals surface area contributed by atoms with Gasteiger partial charge in [-0.15, -0.1) is 0 Å². The Labute approximate surface area is 98.6 Å². The molecule has 1 atom stereocenters. The average Bonchev–Trinajstić information content (AvgIpc) is 2.60. The van der Waals surface area contributed by atoms with E-state index in [0.29, 0.717) is 5.56 Å². The highest BCUT2D eigenvalue weighted by Crippen LogP contribution is 2.23. The average molecular weight is 239 g/mol. The zero-order valence-electron chi connectivity index (χ0n) is 9.52. The lowest BCUT2D eigenvalue weighted by Crippen LogP contribution is -2.25. The molecule has 1 unspecified atom stereocenters. The van der Waals surface area contributed by atoms with Gasteiger partial charge in [-0.2, -0.15) is 0 Å². The highest BCUT2D eigenvalue weighted by molar-refractivity contribution is 5.79. The van der Waals surface area contributed by atoms with Crippen molar-refractivity contribution in [2.75, 3.05) is 13.7 Å². The van der Waals surface area contributed by atoms with Gasteiger partial charge >= 0.3 is 0 Å². The van der Waals surface area contributed by atoms with E-state index in [9.17, 15) is 14.3 Å². The fourth-order valence-electron chi connectivity index (χ4n) is 1.95. The van der Waals surface area contributed by atoms with Gasteiger partial charge in [0.15, 0.2) is 11.6 Å². The van der Waals surface area contributed by atoms with Crippen LogP contribution >= 0.6 is 0 Å². The molecule has 0 bridgehead atoms. The number of carbonyl (C=O) groups excluding carboxylic acids is 1. The van der Waals surface area contributed by atoms with Crippen LogP contribution in [0.4, 0.5) is 4.39 Å². The summed E-state index contributed by atoms with van der Waals surface area (Å²) in [5.74, 6) is -0.446. The summed E-state index contributed by atoms with van der Waals surface area (Å²) in [5.41, 5.74) is 0.395. The first-order valence-electron chi connectivity index (χ1n) is 5.39. The number of nitrogens with zero attached hydrogens (tertiary/aromatic N) is 1. The van der Waals surface area contributed by atoms with Gasteiger partial charge in [0.25, 0.3) is 0 Å². The van der Waals surface area contributed by atoms with Gasteiger partial charge in [0, 0.05) is 18.7 Å². The molecule has 2 rings (SSSR count). The SMILES string of the molecule is COc1cccc(CN2CC(O)CC2=O)c1F. The largest absolute Gasteiger partial charge is 0.494 e. The van der Waals surface area contributed by atoms with Crippen molar-refractivity contribution in [1.82, 2.24) is 4.90 Å². The normalized spacial score (nSPS) is 19.8. The molecule has 17 heavy (non-hydrogen) atoms. The van der Waals surface area contributed by atoms with Crippen LogP contribution in [0.1, 0.15) is 12.0 Å². The molecule has 0 aliphatic carbocycles. The molecule has 0 aromatic heterocycles. The van der Waals surface area contributed by atoms with Crippen LogP contribution in [0.2, 0.25) is 0 Å². The van der Waals surface area contributed by atoms with E-state index < -0.39 is 11.9 Å². The van der Waals surface area contributed by atoms with Crippen molar-refractivity contribution in [3.05, 3.63) is 29.6 Å². The highest BCUT2D eigenvalue weighted by atomic mass is 19.1. The quantitative estimate of drug-likeness (QED) is 0.853. The van der Waals surface area contributed by atoms with Gasteiger partial charge in [-0.3, -0.25) is 4.79 Å². The van der Waals surface area contributed by atoms with Crippen molar-refractivity contribution in [3.63, 3.8) is 0 Å². The number of benzene rings is 1. The molecule has 92 valence electrons. The van der Waals surface area contributed by atoms with Crippen LogP contribution in [0.3, 0.4) is 0 Å². The fourth-order valence-corrected chi connectivity index (χ4v) is 1.95. The van der Waals surface area contributed by atoms with Crippen LogP contribution in [0.25, 0.3) is 0 Å². The maximum Gasteiger partial charge on any atom is 0.225 e. The maximum atomic E-state index is 13.8. The van der Waals surface area contributed by atoms with E-state index in [1.807, 2.05) is 0 Å². The first kappa shape index (κ1) is 11.9. The van der Waals surface area contributed by atoms with Crippen LogP contribution in [0.15, 0.2) is 18.2 Å². The van der Waals surface area contributed by atoms with Gasteiger partial charge in [-0.25, -0.2) is 4.39 Å². The van der Waals surface area contributed by atoms with Crippen molar-refractivity contribution in [2.45, 2.75) is 19.1 Å². The lowest BCUT2D eigenvalue weighted by Gasteiger charge is -2.16. The van der Waals surface area contributed by atoms with E-state index >= 15 is 0 Å². The van der Waals surface area contributed by atoms with Gasteiger partial charge in [0.2, 0.25) is 5.91 Å². The van der Waals surface area contributed by atoms with Gasteiger partial charge in [-0.05, 0) is 6.07 Å². The summed E-state index contributed by atoms with van der Waals surface area (Å²) in [5, 5.41) is 9.34. The third kappa shape index (κ3) is 2.39. The topological polar surface area (TPSA) is 49.8 Å². The Balaban J connectivity index is 2.16. The van der Waals surface area contributed by atoms with Crippen molar-refractivity contribution < 1.29 is 19.0 Å². The monoisotopic (exact) mass is 239 g/mol. The molecule has 0 saturated carbocycles. The number of methoxy groups -OCH3 is 1. The molecule has 1 aromatic carbocycles. The van der Waals surface area contributed by atoms with Crippen molar-refractivity contribution in [1.29, 1.82) is 0 Å². The van der Waals surface area contributed by atoms with E-state index in [2.05, 4.69) is 0 Å². The van der Waals surface area contributed by atoms with Gasteiger partial charge in [0.1, 0.15) is 0 Å². The number of likely N-dealkylation sites (tertiary alicyclic amines) is 1. The Morgan fingerprint density at radius 2 is 2.35 bits per heavy atom. The molecule has 1 N–H and O–H groups in total. The molecule has 5 heteroatoms. The number of carbonyl (C=O) groups is 1. The lowest BCUT2D eigenvalue weighted by molar-refractivity contribution is -0.128. The van der Waals surface area contributed by atoms with Gasteiger partial charge in [0.05, 0.1) is 19.6 Å². The lowest BCUT2D eigenvalue weighted by atomic mass is 10.2. The molecule has 4 nitrogen and oxygen atoms in total. The molecule has 1 aliphatic heterocycles. The Kier molecular flexibility index (Phi) is 3.28. The fraction of sp³-hybridized carbons (Fsp3) is 0.417. The third-order valence-corrected chi connectivity index (χ3v) is 2.82. The molecular formula is C12H14FNO3. The maximum absolute atomic E-state index is 13.8. The first-order valence-corrected chi connectivity index (χ1v) is 5.39. The number of aliphatic hydroxyl groups excluding tert-OH is 1. The number of rotatable bonds is 3. The van der Waals surface area contributed by atoms with Crippen molar-refractivity contribution in [3.8, 4) is 5.75 Å². The smallest absolute Gasteiger partial charge is 0.225 e. The van der Waals surface area contributed by atoms with Crippen molar-refractivity contribution in [2.24, 2.45) is 0 Å². The Hall–Kier alpha value is -1.62. The number of β-amino-alcohol motifs (C(OH)–C–C–N with tert-alkyl or cyclic N) is 1. The first-order chi connectivity index (χ1) is 8.11. The van der Waals surface area contributed by atoms with E-state index in [0.717, 1.165) is 0 Å². The Morgan fingerprint density at radius 1 is 1.59 bits per heavy atom. The number of halogens is 1.